The molecule has 1 heterocycles. The number of nitrogens with two attached hydrogens (primary N) is 1. The van der Waals surface area contributed by atoms with Crippen LogP contribution >= 0.6 is 12.4 Å². The summed E-state index contributed by atoms with van der Waals surface area (Å²) >= 11 is 0. The first kappa shape index (κ1) is 20.1. The molecule has 2 amide bonds. The van der Waals surface area contributed by atoms with E-state index in [1.165, 1.54) is 24.3 Å². The number of carbonyl (C=O) groups excluding carboxylic acids is 3. The van der Waals surface area contributed by atoms with E-state index in [0.29, 0.717) is 31.5 Å². The number of halogens is 2. The smallest absolute Gasteiger partial charge is 0.241 e. The minimum Gasteiger partial charge on any atom is -0.346 e. The molecule has 0 radical (unpaired) electrons. The Labute approximate surface area is 146 Å². The van der Waals surface area contributed by atoms with E-state index >= 15 is 0 Å². The van der Waals surface area contributed by atoms with Gasteiger partial charge in [0.2, 0.25) is 11.8 Å². The molecule has 6 nitrogen and oxygen atoms in total. The van der Waals surface area contributed by atoms with Gasteiger partial charge in [0.25, 0.3) is 0 Å². The van der Waals surface area contributed by atoms with E-state index in [2.05, 4.69) is 5.32 Å². The number of hydrogen-bond acceptors (Lipinski definition) is 4. The van der Waals surface area contributed by atoms with Gasteiger partial charge in [-0.25, -0.2) is 4.39 Å². The highest BCUT2D eigenvalue weighted by Gasteiger charge is 2.28. The molecule has 0 aliphatic carbocycles. The first-order valence-corrected chi connectivity index (χ1v) is 7.55. The Morgan fingerprint density at radius 2 is 1.92 bits per heavy atom. The molecule has 1 saturated heterocycles. The molecule has 132 valence electrons. The lowest BCUT2D eigenvalue weighted by atomic mass is 9.90. The van der Waals surface area contributed by atoms with Crippen molar-refractivity contribution in [1.82, 2.24) is 10.2 Å². The summed E-state index contributed by atoms with van der Waals surface area (Å²) in [6, 6.07) is 5.42. The van der Waals surface area contributed by atoms with E-state index in [1.807, 2.05) is 0 Å². The third-order valence-electron chi connectivity index (χ3n) is 3.90. The average molecular weight is 358 g/mol. The molecule has 1 aromatic carbocycles. The molecular formula is C16H21ClFN3O3. The van der Waals surface area contributed by atoms with Crippen LogP contribution in [-0.2, 0) is 9.59 Å². The number of Topliss-reactive ketones (excluding diaryl/α,β-unsaturated/α-hetero) is 1. The highest BCUT2D eigenvalue weighted by molar-refractivity contribution is 5.98. The molecule has 3 N–H and O–H groups in total. The minimum atomic E-state index is -0.394. The summed E-state index contributed by atoms with van der Waals surface area (Å²) in [4.78, 5) is 37.2. The van der Waals surface area contributed by atoms with Crippen molar-refractivity contribution >= 4 is 30.0 Å². The quantitative estimate of drug-likeness (QED) is 0.760. The number of nitrogens with one attached hydrogen (secondary N) is 1. The summed E-state index contributed by atoms with van der Waals surface area (Å²) in [7, 11) is 0. The fourth-order valence-corrected chi connectivity index (χ4v) is 2.63. The van der Waals surface area contributed by atoms with Gasteiger partial charge >= 0.3 is 0 Å². The summed E-state index contributed by atoms with van der Waals surface area (Å²) in [5.74, 6) is -1.41. The second-order valence-corrected chi connectivity index (χ2v) is 5.53. The van der Waals surface area contributed by atoms with Gasteiger partial charge in [0.1, 0.15) is 5.82 Å². The van der Waals surface area contributed by atoms with Gasteiger partial charge in [-0.2, -0.15) is 0 Å². The van der Waals surface area contributed by atoms with E-state index < -0.39 is 11.7 Å². The van der Waals surface area contributed by atoms with Gasteiger partial charge in [0.05, 0.1) is 13.1 Å². The zero-order valence-electron chi connectivity index (χ0n) is 13.2. The van der Waals surface area contributed by atoms with Crippen LogP contribution in [0.5, 0.6) is 0 Å². The minimum absolute atomic E-state index is 0. The maximum absolute atomic E-state index is 12.9. The Morgan fingerprint density at radius 3 is 2.54 bits per heavy atom. The monoisotopic (exact) mass is 357 g/mol. The number of benzene rings is 1. The van der Waals surface area contributed by atoms with Crippen molar-refractivity contribution < 1.29 is 18.8 Å². The number of hydrogen-bond donors (Lipinski definition) is 2. The largest absolute Gasteiger partial charge is 0.346 e. The standard InChI is InChI=1S/C16H20FN3O3.ClH/c17-13-5-3-11(4-6-13)16(23)12-2-1-7-20(10-12)15(22)9-19-14(21)8-18;/h3-6,12H,1-2,7-10,18H2,(H,19,21);1H. The lowest BCUT2D eigenvalue weighted by Crippen LogP contribution is -2.47. The van der Waals surface area contributed by atoms with Gasteiger partial charge in [-0.05, 0) is 37.1 Å². The maximum atomic E-state index is 12.9. The van der Waals surface area contributed by atoms with E-state index in [1.54, 1.807) is 4.90 Å². The predicted octanol–water partition coefficient (Wildman–Crippen LogP) is 0.744. The molecule has 8 heteroatoms. The van der Waals surface area contributed by atoms with Crippen LogP contribution in [-0.4, -0.2) is 48.7 Å². The predicted molar refractivity (Wildman–Crippen MR) is 89.3 cm³/mol. The van der Waals surface area contributed by atoms with Crippen molar-refractivity contribution in [3.05, 3.63) is 35.6 Å². The van der Waals surface area contributed by atoms with Gasteiger partial charge in [-0.3, -0.25) is 14.4 Å². The van der Waals surface area contributed by atoms with E-state index in [4.69, 9.17) is 5.73 Å². The molecule has 0 aromatic heterocycles. The van der Waals surface area contributed by atoms with Crippen molar-refractivity contribution in [2.45, 2.75) is 12.8 Å². The van der Waals surface area contributed by atoms with Crippen LogP contribution < -0.4 is 11.1 Å². The zero-order valence-corrected chi connectivity index (χ0v) is 14.0. The maximum Gasteiger partial charge on any atom is 0.241 e. The van der Waals surface area contributed by atoms with Crippen LogP contribution in [0.15, 0.2) is 24.3 Å². The van der Waals surface area contributed by atoms with Gasteiger partial charge in [-0.1, -0.05) is 0 Å². The van der Waals surface area contributed by atoms with Crippen LogP contribution in [0.1, 0.15) is 23.2 Å². The first-order chi connectivity index (χ1) is 11.0. The Morgan fingerprint density at radius 1 is 1.25 bits per heavy atom. The lowest BCUT2D eigenvalue weighted by molar-refractivity contribution is -0.133. The second kappa shape index (κ2) is 9.34. The number of likely N-dealkylation sites (tertiary alicyclic amines) is 1. The number of carbonyl (C=O) groups is 3. The summed E-state index contributed by atoms with van der Waals surface area (Å²) in [6.07, 6.45) is 1.41. The first-order valence-electron chi connectivity index (χ1n) is 7.55. The molecule has 24 heavy (non-hydrogen) atoms. The van der Waals surface area contributed by atoms with Gasteiger partial charge in [0, 0.05) is 24.6 Å². The summed E-state index contributed by atoms with van der Waals surface area (Å²) in [5.41, 5.74) is 5.61. The average Bonchev–Trinajstić information content (AvgIpc) is 2.59. The Hall–Kier alpha value is -1.99. The number of amides is 2. The normalized spacial score (nSPS) is 16.9. The third kappa shape index (κ3) is 5.28. The zero-order chi connectivity index (χ0) is 16.8. The van der Waals surface area contributed by atoms with Gasteiger partial charge in [-0.15, -0.1) is 12.4 Å². The van der Waals surface area contributed by atoms with Crippen LogP contribution in [0, 0.1) is 11.7 Å². The summed E-state index contributed by atoms with van der Waals surface area (Å²) in [6.45, 7) is 0.588. The van der Waals surface area contributed by atoms with Crippen molar-refractivity contribution in [1.29, 1.82) is 0 Å². The molecule has 1 aliphatic rings. The number of piperidine rings is 1. The molecule has 0 spiro atoms. The number of nitrogens with zero attached hydrogens (tertiary/aromatic N) is 1. The van der Waals surface area contributed by atoms with E-state index in [9.17, 15) is 18.8 Å². The van der Waals surface area contributed by atoms with Crippen molar-refractivity contribution in [3.8, 4) is 0 Å². The van der Waals surface area contributed by atoms with Crippen molar-refractivity contribution in [2.75, 3.05) is 26.2 Å². The molecule has 1 unspecified atom stereocenters. The molecule has 0 bridgehead atoms. The molecule has 1 atom stereocenters. The Bertz CT molecular complexity index is 595. The van der Waals surface area contributed by atoms with Crippen molar-refractivity contribution in [2.24, 2.45) is 11.7 Å². The van der Waals surface area contributed by atoms with Crippen molar-refractivity contribution in [3.63, 3.8) is 0 Å². The third-order valence-corrected chi connectivity index (χ3v) is 3.90. The Balaban J connectivity index is 0.00000288. The lowest BCUT2D eigenvalue weighted by Gasteiger charge is -2.32. The van der Waals surface area contributed by atoms with Crippen LogP contribution in [0.3, 0.4) is 0 Å². The highest BCUT2D eigenvalue weighted by Crippen LogP contribution is 2.21. The molecule has 1 fully saturated rings. The van der Waals surface area contributed by atoms with Crippen LogP contribution in [0.25, 0.3) is 0 Å². The summed E-state index contributed by atoms with van der Waals surface area (Å²) < 4.78 is 12.9. The molecule has 1 aliphatic heterocycles. The van der Waals surface area contributed by atoms with Crippen LogP contribution in [0.4, 0.5) is 4.39 Å². The summed E-state index contributed by atoms with van der Waals surface area (Å²) in [5, 5.41) is 2.43. The topological polar surface area (TPSA) is 92.5 Å². The Kier molecular flexibility index (Phi) is 7.81. The SMILES string of the molecule is Cl.NCC(=O)NCC(=O)N1CCCC(C(=O)c2ccc(F)cc2)C1. The van der Waals surface area contributed by atoms with Gasteiger partial charge in [0.15, 0.2) is 5.78 Å². The fraction of sp³-hybridized carbons (Fsp3) is 0.438. The van der Waals surface area contributed by atoms with Crippen LogP contribution in [0.2, 0.25) is 0 Å². The number of rotatable bonds is 5. The molecule has 2 rings (SSSR count). The van der Waals surface area contributed by atoms with E-state index in [-0.39, 0.29) is 43.1 Å². The fourth-order valence-electron chi connectivity index (χ4n) is 2.63. The highest BCUT2D eigenvalue weighted by atomic mass is 35.5. The van der Waals surface area contributed by atoms with E-state index in [0.717, 1.165) is 0 Å². The number of ketones is 1. The van der Waals surface area contributed by atoms with Gasteiger partial charge < -0.3 is 16.0 Å². The molecule has 0 saturated carbocycles. The molecule has 1 aromatic rings. The molecular weight excluding hydrogens is 337 g/mol. The second-order valence-electron chi connectivity index (χ2n) is 5.53.